The van der Waals surface area contributed by atoms with Crippen LogP contribution in [-0.4, -0.2) is 31.1 Å². The molecule has 7 nitrogen and oxygen atoms in total. The number of aryl methyl sites for hydroxylation is 1. The lowest BCUT2D eigenvalue weighted by Crippen LogP contribution is -2.08. The van der Waals surface area contributed by atoms with E-state index in [0.717, 1.165) is 44.8 Å². The van der Waals surface area contributed by atoms with Gasteiger partial charge < -0.3 is 5.73 Å². The maximum absolute atomic E-state index is 12.8. The van der Waals surface area contributed by atoms with Gasteiger partial charge in [0.1, 0.15) is 22.9 Å². The number of benzene rings is 2. The smallest absolute Gasteiger partial charge is 0.165 e. The largest absolute Gasteiger partial charge is 0.383 e. The second-order valence-electron chi connectivity index (χ2n) is 9.26. The highest BCUT2D eigenvalue weighted by molar-refractivity contribution is 5.84. The maximum atomic E-state index is 12.8. The van der Waals surface area contributed by atoms with Crippen molar-refractivity contribution in [2.45, 2.75) is 33.1 Å². The summed E-state index contributed by atoms with van der Waals surface area (Å²) in [5.41, 5.74) is 12.9. The van der Waals surface area contributed by atoms with Crippen LogP contribution in [0.15, 0.2) is 79.0 Å². The lowest BCUT2D eigenvalue weighted by molar-refractivity contribution is -0.118. The predicted molar refractivity (Wildman–Crippen MR) is 144 cm³/mol. The quantitative estimate of drug-likeness (QED) is 0.334. The summed E-state index contributed by atoms with van der Waals surface area (Å²) in [5.74, 6) is 1.27. The van der Waals surface area contributed by atoms with Crippen molar-refractivity contribution in [1.82, 2.24) is 19.5 Å². The van der Waals surface area contributed by atoms with E-state index in [1.807, 2.05) is 84.3 Å². The first-order chi connectivity index (χ1) is 17.9. The molecule has 0 spiro atoms. The summed E-state index contributed by atoms with van der Waals surface area (Å²) in [6.45, 7) is 3.51. The number of imidazole rings is 1. The van der Waals surface area contributed by atoms with Gasteiger partial charge in [-0.15, -0.1) is 0 Å². The van der Waals surface area contributed by atoms with Gasteiger partial charge in [-0.2, -0.15) is 0 Å². The van der Waals surface area contributed by atoms with Crippen LogP contribution in [0.1, 0.15) is 29.3 Å². The van der Waals surface area contributed by atoms with E-state index in [1.54, 1.807) is 13.1 Å². The molecule has 5 aromatic rings. The molecule has 7 heteroatoms. The molecule has 0 saturated heterocycles. The lowest BCUT2D eigenvalue weighted by atomic mass is 10.00. The van der Waals surface area contributed by atoms with Crippen LogP contribution < -0.4 is 5.73 Å². The number of hydrogen-bond acceptors (Lipinski definition) is 6. The zero-order chi connectivity index (χ0) is 25.9. The van der Waals surface area contributed by atoms with Gasteiger partial charge in [-0.05, 0) is 66.9 Å². The minimum Gasteiger partial charge on any atom is -0.383 e. The minimum atomic E-state index is 0.106. The number of rotatable bonds is 8. The molecule has 2 aromatic carbocycles. The molecule has 0 unspecified atom stereocenters. The highest BCUT2D eigenvalue weighted by atomic mass is 16.1. The fraction of sp³-hybridized carbons (Fsp3) is 0.167. The molecule has 3 aromatic heterocycles. The fourth-order valence-corrected chi connectivity index (χ4v) is 4.50. The molecule has 0 fully saturated rings. The topological polar surface area (TPSA) is 104 Å². The van der Waals surface area contributed by atoms with Gasteiger partial charge in [-0.1, -0.05) is 36.4 Å². The van der Waals surface area contributed by atoms with Crippen LogP contribution in [0.5, 0.6) is 0 Å². The monoisotopic (exact) mass is 489 g/mol. The first-order valence-electron chi connectivity index (χ1n) is 12.1. The molecule has 0 bridgehead atoms. The SMILES string of the molecule is CC(=O)Cc1cccc(CC(=O)Cc2ccc(-n3c(-c4cccnc4N)nc4ccc(C)nc43)cc2)c1. The summed E-state index contributed by atoms with van der Waals surface area (Å²) < 4.78 is 1.97. The highest BCUT2D eigenvalue weighted by Gasteiger charge is 2.18. The molecule has 0 aliphatic carbocycles. The molecule has 0 atom stereocenters. The van der Waals surface area contributed by atoms with Gasteiger partial charge in [-0.25, -0.2) is 15.0 Å². The van der Waals surface area contributed by atoms with Gasteiger partial charge in [0.2, 0.25) is 0 Å². The molecule has 3 heterocycles. The standard InChI is InChI=1S/C30H27N5O2/c1-19-8-13-27-30(33-19)35(29(34-27)26-7-4-14-32-28(26)31)24-11-9-21(10-12-24)17-25(37)18-23-6-3-5-22(16-23)15-20(2)36/h3-14,16H,15,17-18H2,1-2H3,(H2,31,32). The van der Waals surface area contributed by atoms with Crippen molar-refractivity contribution in [1.29, 1.82) is 0 Å². The van der Waals surface area contributed by atoms with Crippen LogP contribution in [0.2, 0.25) is 0 Å². The summed E-state index contributed by atoms with van der Waals surface area (Å²) in [4.78, 5) is 38.0. The number of nitrogens with zero attached hydrogens (tertiary/aromatic N) is 4. The second kappa shape index (κ2) is 10.1. The third-order valence-corrected chi connectivity index (χ3v) is 6.16. The van der Waals surface area contributed by atoms with E-state index in [9.17, 15) is 9.59 Å². The summed E-state index contributed by atoms with van der Waals surface area (Å²) in [6, 6.07) is 23.1. The third-order valence-electron chi connectivity index (χ3n) is 6.16. The Bertz CT molecular complexity index is 1620. The predicted octanol–water partition coefficient (Wildman–Crippen LogP) is 4.86. The minimum absolute atomic E-state index is 0.106. The van der Waals surface area contributed by atoms with Crippen molar-refractivity contribution in [3.8, 4) is 17.1 Å². The molecule has 0 radical (unpaired) electrons. The highest BCUT2D eigenvalue weighted by Crippen LogP contribution is 2.30. The molecule has 184 valence electrons. The Balaban J connectivity index is 1.41. The molecular formula is C30H27N5O2. The van der Waals surface area contributed by atoms with Gasteiger partial charge in [0.15, 0.2) is 11.5 Å². The number of nitrogens with two attached hydrogens (primary N) is 1. The molecule has 0 aliphatic heterocycles. The van der Waals surface area contributed by atoms with E-state index in [4.69, 9.17) is 15.7 Å². The van der Waals surface area contributed by atoms with E-state index in [-0.39, 0.29) is 11.6 Å². The van der Waals surface area contributed by atoms with Crippen molar-refractivity contribution >= 4 is 28.5 Å². The summed E-state index contributed by atoms with van der Waals surface area (Å²) in [6.07, 6.45) is 2.68. The number of fused-ring (bicyclic) bond motifs is 1. The first kappa shape index (κ1) is 24.1. The van der Waals surface area contributed by atoms with Crippen molar-refractivity contribution in [2.24, 2.45) is 0 Å². The van der Waals surface area contributed by atoms with E-state index < -0.39 is 0 Å². The zero-order valence-corrected chi connectivity index (χ0v) is 20.8. The number of Topliss-reactive ketones (excluding diaryl/α,β-unsaturated/α-hetero) is 2. The summed E-state index contributed by atoms with van der Waals surface area (Å²) in [7, 11) is 0. The number of ketones is 2. The maximum Gasteiger partial charge on any atom is 0.165 e. The number of carbonyl (C=O) groups is 2. The third kappa shape index (κ3) is 5.30. The Kier molecular flexibility index (Phi) is 6.60. The van der Waals surface area contributed by atoms with E-state index in [1.165, 1.54) is 0 Å². The van der Waals surface area contributed by atoms with E-state index in [2.05, 4.69) is 4.98 Å². The number of pyridine rings is 2. The second-order valence-corrected chi connectivity index (χ2v) is 9.26. The number of hydrogen-bond donors (Lipinski definition) is 1. The molecule has 0 amide bonds. The van der Waals surface area contributed by atoms with Gasteiger partial charge in [0.25, 0.3) is 0 Å². The van der Waals surface area contributed by atoms with Gasteiger partial charge >= 0.3 is 0 Å². The van der Waals surface area contributed by atoms with Gasteiger partial charge in [0.05, 0.1) is 5.56 Å². The Hall–Kier alpha value is -4.65. The zero-order valence-electron chi connectivity index (χ0n) is 20.8. The fourth-order valence-electron chi connectivity index (χ4n) is 4.50. The lowest BCUT2D eigenvalue weighted by Gasteiger charge is -2.11. The summed E-state index contributed by atoms with van der Waals surface area (Å²) in [5, 5.41) is 0. The molecule has 2 N–H and O–H groups in total. The van der Waals surface area contributed by atoms with Crippen LogP contribution in [-0.2, 0) is 28.9 Å². The normalized spacial score (nSPS) is 11.1. The number of nitrogen functional groups attached to an aromatic ring is 1. The molecular weight excluding hydrogens is 462 g/mol. The summed E-state index contributed by atoms with van der Waals surface area (Å²) >= 11 is 0. The molecule has 0 saturated carbocycles. The van der Waals surface area contributed by atoms with Crippen LogP contribution in [0.25, 0.3) is 28.2 Å². The average Bonchev–Trinajstić information content (AvgIpc) is 3.23. The number of aromatic nitrogens is 4. The molecule has 5 rings (SSSR count). The number of anilines is 1. The van der Waals surface area contributed by atoms with Crippen molar-refractivity contribution < 1.29 is 9.59 Å². The molecule has 0 aliphatic rings. The Morgan fingerprint density at radius 1 is 0.838 bits per heavy atom. The van der Waals surface area contributed by atoms with Gasteiger partial charge in [-0.3, -0.25) is 14.2 Å². The van der Waals surface area contributed by atoms with E-state index in [0.29, 0.717) is 30.9 Å². The van der Waals surface area contributed by atoms with Crippen molar-refractivity contribution in [3.05, 3.63) is 101 Å². The average molecular weight is 490 g/mol. The Labute approximate surface area is 215 Å². The van der Waals surface area contributed by atoms with E-state index >= 15 is 0 Å². The van der Waals surface area contributed by atoms with Crippen LogP contribution in [0.4, 0.5) is 5.82 Å². The first-order valence-corrected chi connectivity index (χ1v) is 12.1. The van der Waals surface area contributed by atoms with Crippen LogP contribution in [0, 0.1) is 6.92 Å². The Morgan fingerprint density at radius 2 is 1.57 bits per heavy atom. The van der Waals surface area contributed by atoms with Crippen LogP contribution >= 0.6 is 0 Å². The molecule has 37 heavy (non-hydrogen) atoms. The number of carbonyl (C=O) groups excluding carboxylic acids is 2. The van der Waals surface area contributed by atoms with Crippen LogP contribution in [0.3, 0.4) is 0 Å². The van der Waals surface area contributed by atoms with Crippen molar-refractivity contribution in [2.75, 3.05) is 5.73 Å². The van der Waals surface area contributed by atoms with Gasteiger partial charge in [0, 0.05) is 36.8 Å². The van der Waals surface area contributed by atoms with Crippen molar-refractivity contribution in [3.63, 3.8) is 0 Å². The Morgan fingerprint density at radius 3 is 2.30 bits per heavy atom.